The minimum atomic E-state index is 0.690. The Balaban J connectivity index is 2.49. The molecule has 1 heterocycles. The summed E-state index contributed by atoms with van der Waals surface area (Å²) in [5.74, 6) is 1.89. The predicted molar refractivity (Wildman–Crippen MR) is 76.5 cm³/mol. The van der Waals surface area contributed by atoms with E-state index in [-0.39, 0.29) is 0 Å². The molecule has 18 heavy (non-hydrogen) atoms. The van der Waals surface area contributed by atoms with Gasteiger partial charge in [-0.05, 0) is 43.2 Å². The van der Waals surface area contributed by atoms with Crippen molar-refractivity contribution < 1.29 is 4.74 Å². The van der Waals surface area contributed by atoms with E-state index in [4.69, 9.17) is 4.74 Å². The molecular weight excluding hydrogens is 224 g/mol. The number of nitrogens with zero attached hydrogens (tertiary/aromatic N) is 1. The van der Waals surface area contributed by atoms with Crippen LogP contribution >= 0.6 is 0 Å². The number of pyridine rings is 1. The Morgan fingerprint density at radius 1 is 1.22 bits per heavy atom. The average molecular weight is 244 g/mol. The number of nitrogens with one attached hydrogen (secondary N) is 1. The molecule has 0 atom stereocenters. The Morgan fingerprint density at radius 2 is 2.06 bits per heavy atom. The number of anilines is 1. The molecule has 0 amide bonds. The number of hydrogen-bond acceptors (Lipinski definition) is 3. The minimum Gasteiger partial charge on any atom is -0.494 e. The summed E-state index contributed by atoms with van der Waals surface area (Å²) in [6, 6.07) is 8.25. The van der Waals surface area contributed by atoms with Crippen molar-refractivity contribution in [2.75, 3.05) is 19.0 Å². The van der Waals surface area contributed by atoms with E-state index in [1.807, 2.05) is 26.1 Å². The van der Waals surface area contributed by atoms with Crippen LogP contribution in [0.25, 0.3) is 10.9 Å². The molecule has 1 aromatic heterocycles. The van der Waals surface area contributed by atoms with Gasteiger partial charge in [0.15, 0.2) is 0 Å². The second-order valence-corrected chi connectivity index (χ2v) is 4.28. The van der Waals surface area contributed by atoms with Gasteiger partial charge >= 0.3 is 0 Å². The van der Waals surface area contributed by atoms with Gasteiger partial charge in [-0.2, -0.15) is 0 Å². The summed E-state index contributed by atoms with van der Waals surface area (Å²) in [4.78, 5) is 4.65. The maximum absolute atomic E-state index is 5.53. The highest BCUT2D eigenvalue weighted by Gasteiger charge is 2.06. The molecule has 1 N–H and O–H groups in total. The van der Waals surface area contributed by atoms with Gasteiger partial charge in [-0.15, -0.1) is 0 Å². The lowest BCUT2D eigenvalue weighted by Gasteiger charge is -2.10. The molecule has 96 valence electrons. The number of fused-ring (bicyclic) bond motifs is 1. The third-order valence-corrected chi connectivity index (χ3v) is 2.93. The molecule has 0 radical (unpaired) electrons. The smallest absolute Gasteiger partial charge is 0.129 e. The molecule has 0 bridgehead atoms. The van der Waals surface area contributed by atoms with Crippen LogP contribution in [0.3, 0.4) is 0 Å². The topological polar surface area (TPSA) is 34.1 Å². The molecule has 2 aromatic rings. The Kier molecular flexibility index (Phi) is 4.03. The summed E-state index contributed by atoms with van der Waals surface area (Å²) >= 11 is 0. The first-order valence-corrected chi connectivity index (χ1v) is 6.52. The third-order valence-electron chi connectivity index (χ3n) is 2.93. The Morgan fingerprint density at radius 3 is 2.72 bits per heavy atom. The monoisotopic (exact) mass is 244 g/mol. The van der Waals surface area contributed by atoms with Crippen LogP contribution in [0.5, 0.6) is 5.75 Å². The summed E-state index contributed by atoms with van der Waals surface area (Å²) < 4.78 is 5.53. The summed E-state index contributed by atoms with van der Waals surface area (Å²) in [6.45, 7) is 4.87. The average Bonchev–Trinajstić information content (AvgIpc) is 2.38. The minimum absolute atomic E-state index is 0.690. The van der Waals surface area contributed by atoms with Crippen molar-refractivity contribution in [2.24, 2.45) is 0 Å². The first kappa shape index (κ1) is 12.7. The maximum atomic E-state index is 5.53. The first-order chi connectivity index (χ1) is 8.78. The molecule has 3 nitrogen and oxygen atoms in total. The van der Waals surface area contributed by atoms with Gasteiger partial charge in [-0.3, -0.25) is 0 Å². The van der Waals surface area contributed by atoms with E-state index in [9.17, 15) is 0 Å². The Hall–Kier alpha value is -1.77. The van der Waals surface area contributed by atoms with Crippen LogP contribution in [-0.4, -0.2) is 18.6 Å². The highest BCUT2D eigenvalue weighted by Crippen LogP contribution is 2.25. The van der Waals surface area contributed by atoms with Gasteiger partial charge in [0.25, 0.3) is 0 Å². The van der Waals surface area contributed by atoms with Crippen LogP contribution in [0.1, 0.15) is 25.8 Å². The molecular formula is C15H20N2O. The van der Waals surface area contributed by atoms with Gasteiger partial charge < -0.3 is 10.1 Å². The van der Waals surface area contributed by atoms with Crippen molar-refractivity contribution in [1.82, 2.24) is 4.98 Å². The van der Waals surface area contributed by atoms with Gasteiger partial charge in [0.2, 0.25) is 0 Å². The largest absolute Gasteiger partial charge is 0.494 e. The van der Waals surface area contributed by atoms with E-state index >= 15 is 0 Å². The van der Waals surface area contributed by atoms with Crippen molar-refractivity contribution in [1.29, 1.82) is 0 Å². The van der Waals surface area contributed by atoms with E-state index in [1.54, 1.807) is 0 Å². The second-order valence-electron chi connectivity index (χ2n) is 4.28. The Labute approximate surface area is 108 Å². The van der Waals surface area contributed by atoms with Gasteiger partial charge in [0.05, 0.1) is 12.1 Å². The van der Waals surface area contributed by atoms with Crippen molar-refractivity contribution in [3.05, 3.63) is 29.8 Å². The number of ether oxygens (including phenoxy) is 1. The number of rotatable bonds is 5. The van der Waals surface area contributed by atoms with Crippen molar-refractivity contribution in [3.8, 4) is 5.75 Å². The zero-order chi connectivity index (χ0) is 13.0. The zero-order valence-electron chi connectivity index (χ0n) is 11.3. The van der Waals surface area contributed by atoms with Crippen LogP contribution in [0, 0.1) is 0 Å². The van der Waals surface area contributed by atoms with Crippen LogP contribution in [0.2, 0.25) is 0 Å². The fourth-order valence-electron chi connectivity index (χ4n) is 2.13. The summed E-state index contributed by atoms with van der Waals surface area (Å²) in [5, 5.41) is 4.31. The van der Waals surface area contributed by atoms with Gasteiger partial charge in [0, 0.05) is 12.4 Å². The molecule has 0 spiro atoms. The molecule has 0 unspecified atom stereocenters. The van der Waals surface area contributed by atoms with E-state index < -0.39 is 0 Å². The Bertz CT molecular complexity index is 537. The van der Waals surface area contributed by atoms with Gasteiger partial charge in [-0.1, -0.05) is 13.3 Å². The van der Waals surface area contributed by atoms with Crippen LogP contribution < -0.4 is 10.1 Å². The predicted octanol–water partition coefficient (Wildman–Crippen LogP) is 3.63. The van der Waals surface area contributed by atoms with E-state index in [1.165, 1.54) is 5.56 Å². The van der Waals surface area contributed by atoms with Crippen molar-refractivity contribution in [2.45, 2.75) is 26.7 Å². The quantitative estimate of drug-likeness (QED) is 0.872. The lowest BCUT2D eigenvalue weighted by Crippen LogP contribution is -1.99. The number of aromatic nitrogens is 1. The number of aryl methyl sites for hydroxylation is 1. The fourth-order valence-corrected chi connectivity index (χ4v) is 2.13. The second kappa shape index (κ2) is 5.71. The molecule has 3 heteroatoms. The van der Waals surface area contributed by atoms with Crippen molar-refractivity contribution in [3.63, 3.8) is 0 Å². The van der Waals surface area contributed by atoms with Crippen LogP contribution in [0.4, 0.5) is 5.82 Å². The van der Waals surface area contributed by atoms with E-state index in [0.29, 0.717) is 6.61 Å². The third kappa shape index (κ3) is 2.55. The molecule has 2 rings (SSSR count). The fraction of sp³-hybridized carbons (Fsp3) is 0.400. The summed E-state index contributed by atoms with van der Waals surface area (Å²) in [6.07, 6.45) is 2.16. The lowest BCUT2D eigenvalue weighted by atomic mass is 10.1. The molecule has 0 fully saturated rings. The molecule has 0 saturated heterocycles. The number of benzene rings is 1. The lowest BCUT2D eigenvalue weighted by molar-refractivity contribution is 0.340. The SMILES string of the molecule is CCCc1cc2cc(OCC)ccc2nc1NC. The molecule has 1 aromatic carbocycles. The number of hydrogen-bond donors (Lipinski definition) is 1. The highest BCUT2D eigenvalue weighted by molar-refractivity contribution is 5.83. The van der Waals surface area contributed by atoms with E-state index in [2.05, 4.69) is 29.4 Å². The first-order valence-electron chi connectivity index (χ1n) is 6.52. The molecule has 0 aliphatic carbocycles. The standard InChI is InChI=1S/C15H20N2O/c1-4-6-11-9-12-10-13(18-5-2)7-8-14(12)17-15(11)16-3/h7-10H,4-6H2,1-3H3,(H,16,17). The highest BCUT2D eigenvalue weighted by atomic mass is 16.5. The molecule has 0 aliphatic heterocycles. The summed E-state index contributed by atoms with van der Waals surface area (Å²) in [7, 11) is 1.92. The van der Waals surface area contributed by atoms with E-state index in [0.717, 1.165) is 35.3 Å². The van der Waals surface area contributed by atoms with Gasteiger partial charge in [0.1, 0.15) is 11.6 Å². The molecule has 0 aliphatic rings. The molecule has 0 saturated carbocycles. The van der Waals surface area contributed by atoms with Crippen molar-refractivity contribution >= 4 is 16.7 Å². The normalized spacial score (nSPS) is 10.6. The van der Waals surface area contributed by atoms with Crippen LogP contribution in [-0.2, 0) is 6.42 Å². The maximum Gasteiger partial charge on any atom is 0.129 e. The van der Waals surface area contributed by atoms with Crippen LogP contribution in [0.15, 0.2) is 24.3 Å². The zero-order valence-corrected chi connectivity index (χ0v) is 11.3. The van der Waals surface area contributed by atoms with Gasteiger partial charge in [-0.25, -0.2) is 4.98 Å². The summed E-state index contributed by atoms with van der Waals surface area (Å²) in [5.41, 5.74) is 2.27.